The first-order chi connectivity index (χ1) is 5.66. The highest BCUT2D eigenvalue weighted by atomic mass is 16.5. The maximum absolute atomic E-state index is 8.17. The van der Waals surface area contributed by atoms with E-state index in [-0.39, 0.29) is 5.60 Å². The largest absolute Gasteiger partial charge is 0.372 e. The molecule has 1 aliphatic rings. The van der Waals surface area contributed by atoms with Crippen molar-refractivity contribution in [1.29, 1.82) is 0 Å². The van der Waals surface area contributed by atoms with Crippen LogP contribution in [0.4, 0.5) is 0 Å². The monoisotopic (exact) mass is 170 g/mol. The Labute approximate surface area is 71.9 Å². The summed E-state index contributed by atoms with van der Waals surface area (Å²) in [6.45, 7) is 4.87. The lowest BCUT2D eigenvalue weighted by Crippen LogP contribution is -2.50. The topological polar surface area (TPSA) is 61.2 Å². The first-order valence-electron chi connectivity index (χ1n) is 4.00. The fraction of sp³-hybridized carbons (Fsp3) is 1.00. The summed E-state index contributed by atoms with van der Waals surface area (Å²) in [4.78, 5) is 4.90. The Morgan fingerprint density at radius 3 is 3.08 bits per heavy atom. The van der Waals surface area contributed by atoms with E-state index in [2.05, 4.69) is 14.9 Å². The quantitative estimate of drug-likeness (QED) is 0.353. The maximum atomic E-state index is 8.17. The lowest BCUT2D eigenvalue weighted by molar-refractivity contribution is -0.0846. The molecule has 0 radical (unpaired) electrons. The van der Waals surface area contributed by atoms with Crippen molar-refractivity contribution in [3.05, 3.63) is 10.4 Å². The first kappa shape index (κ1) is 9.32. The summed E-state index contributed by atoms with van der Waals surface area (Å²) >= 11 is 0. The van der Waals surface area contributed by atoms with E-state index in [1.807, 2.05) is 14.0 Å². The van der Waals surface area contributed by atoms with Crippen LogP contribution in [0.1, 0.15) is 6.92 Å². The van der Waals surface area contributed by atoms with E-state index >= 15 is 0 Å². The van der Waals surface area contributed by atoms with Crippen molar-refractivity contribution in [3.8, 4) is 0 Å². The van der Waals surface area contributed by atoms with E-state index in [1.165, 1.54) is 0 Å². The van der Waals surface area contributed by atoms with E-state index in [9.17, 15) is 0 Å². The van der Waals surface area contributed by atoms with Crippen LogP contribution in [-0.4, -0.2) is 43.8 Å². The second-order valence-electron chi connectivity index (χ2n) is 3.43. The molecule has 1 heterocycles. The lowest BCUT2D eigenvalue weighted by atomic mass is 10.1. The van der Waals surface area contributed by atoms with Crippen LogP contribution in [0.15, 0.2) is 5.11 Å². The molecule has 1 rings (SSSR count). The number of hydrogen-bond donors (Lipinski definition) is 0. The predicted octanol–water partition coefficient (Wildman–Crippen LogP) is 1.02. The maximum Gasteiger partial charge on any atom is 0.0837 e. The average Bonchev–Trinajstić information content (AvgIpc) is 2.01. The van der Waals surface area contributed by atoms with E-state index in [0.717, 1.165) is 13.1 Å². The number of ether oxygens (including phenoxy) is 1. The summed E-state index contributed by atoms with van der Waals surface area (Å²) in [7, 11) is 2.04. The van der Waals surface area contributed by atoms with Gasteiger partial charge in [-0.1, -0.05) is 5.11 Å². The van der Waals surface area contributed by atoms with E-state index in [4.69, 9.17) is 10.3 Å². The van der Waals surface area contributed by atoms with Gasteiger partial charge in [0.25, 0.3) is 0 Å². The van der Waals surface area contributed by atoms with Gasteiger partial charge in [-0.2, -0.15) is 0 Å². The fourth-order valence-corrected chi connectivity index (χ4v) is 1.42. The molecule has 5 heteroatoms. The highest BCUT2D eigenvalue weighted by molar-refractivity contribution is 4.84. The van der Waals surface area contributed by atoms with Gasteiger partial charge in [0.1, 0.15) is 0 Å². The van der Waals surface area contributed by atoms with Gasteiger partial charge in [0.15, 0.2) is 0 Å². The van der Waals surface area contributed by atoms with Gasteiger partial charge in [-0.25, -0.2) is 0 Å². The van der Waals surface area contributed by atoms with Crippen LogP contribution in [0, 0.1) is 0 Å². The van der Waals surface area contributed by atoms with Crippen molar-refractivity contribution in [2.24, 2.45) is 5.11 Å². The van der Waals surface area contributed by atoms with Gasteiger partial charge in [-0.15, -0.1) is 0 Å². The Morgan fingerprint density at radius 1 is 1.75 bits per heavy atom. The van der Waals surface area contributed by atoms with Gasteiger partial charge in [0.05, 0.1) is 18.8 Å². The smallest absolute Gasteiger partial charge is 0.0837 e. The van der Waals surface area contributed by atoms with Crippen molar-refractivity contribution in [3.63, 3.8) is 0 Å². The van der Waals surface area contributed by atoms with Crippen LogP contribution < -0.4 is 0 Å². The number of morpholine rings is 1. The van der Waals surface area contributed by atoms with E-state index in [1.54, 1.807) is 0 Å². The Balaban J connectivity index is 2.50. The summed E-state index contributed by atoms with van der Waals surface area (Å²) < 4.78 is 5.53. The molecule has 1 aliphatic heterocycles. The molecule has 0 unspecified atom stereocenters. The number of rotatable bonds is 2. The molecule has 0 aliphatic carbocycles. The summed E-state index contributed by atoms with van der Waals surface area (Å²) in [6, 6.07) is 0. The third-order valence-corrected chi connectivity index (χ3v) is 2.00. The van der Waals surface area contributed by atoms with Gasteiger partial charge in [-0.3, -0.25) is 0 Å². The fourth-order valence-electron chi connectivity index (χ4n) is 1.42. The summed E-state index contributed by atoms with van der Waals surface area (Å²) in [5.74, 6) is 0. The number of azide groups is 1. The Hall–Kier alpha value is -0.770. The molecule has 0 saturated carbocycles. The van der Waals surface area contributed by atoms with Crippen molar-refractivity contribution < 1.29 is 4.74 Å². The number of hydrogen-bond acceptors (Lipinski definition) is 3. The van der Waals surface area contributed by atoms with Crippen LogP contribution in [0.3, 0.4) is 0 Å². The second-order valence-corrected chi connectivity index (χ2v) is 3.43. The Kier molecular flexibility index (Phi) is 2.92. The van der Waals surface area contributed by atoms with Crippen LogP contribution in [-0.2, 0) is 4.74 Å². The molecule has 0 aromatic carbocycles. The summed E-state index contributed by atoms with van der Waals surface area (Å²) in [6.07, 6.45) is 0. The molecule has 0 spiro atoms. The third kappa shape index (κ3) is 2.37. The second kappa shape index (κ2) is 3.76. The van der Waals surface area contributed by atoms with Crippen LogP contribution in [0.25, 0.3) is 10.4 Å². The van der Waals surface area contributed by atoms with Crippen molar-refractivity contribution in [2.45, 2.75) is 12.5 Å². The van der Waals surface area contributed by atoms with Gasteiger partial charge < -0.3 is 9.64 Å². The standard InChI is InChI=1S/C7H14N4O/c1-7(5-9-10-8)6-11(2)3-4-12-7/h3-6H2,1-2H3/t7-/m1/s1. The van der Waals surface area contributed by atoms with Gasteiger partial charge >= 0.3 is 0 Å². The molecule has 1 fully saturated rings. The lowest BCUT2D eigenvalue weighted by Gasteiger charge is -2.37. The first-order valence-corrected chi connectivity index (χ1v) is 4.00. The van der Waals surface area contributed by atoms with Gasteiger partial charge in [0.2, 0.25) is 0 Å². The molecule has 68 valence electrons. The highest BCUT2D eigenvalue weighted by Crippen LogP contribution is 2.16. The van der Waals surface area contributed by atoms with E-state index < -0.39 is 0 Å². The third-order valence-electron chi connectivity index (χ3n) is 2.00. The average molecular weight is 170 g/mol. The van der Waals surface area contributed by atoms with Crippen LogP contribution in [0.5, 0.6) is 0 Å². The normalized spacial score (nSPS) is 31.2. The number of nitrogens with zero attached hydrogens (tertiary/aromatic N) is 4. The Bertz CT molecular complexity index is 202. The van der Waals surface area contributed by atoms with Crippen LogP contribution in [0.2, 0.25) is 0 Å². The highest BCUT2D eigenvalue weighted by Gasteiger charge is 2.29. The zero-order chi connectivity index (χ0) is 9.03. The molecule has 0 aromatic heterocycles. The SMILES string of the molecule is CN1CCO[C@](C)(CN=[N+]=[N-])C1. The molecule has 0 amide bonds. The van der Waals surface area contributed by atoms with Crippen molar-refractivity contribution in [2.75, 3.05) is 33.3 Å². The molecule has 5 nitrogen and oxygen atoms in total. The summed E-state index contributed by atoms with van der Waals surface area (Å²) in [5.41, 5.74) is 7.87. The minimum atomic E-state index is -0.292. The minimum absolute atomic E-state index is 0.292. The van der Waals surface area contributed by atoms with E-state index in [0.29, 0.717) is 13.2 Å². The van der Waals surface area contributed by atoms with Gasteiger partial charge in [-0.05, 0) is 19.5 Å². The molecule has 1 atom stereocenters. The van der Waals surface area contributed by atoms with Gasteiger partial charge in [0, 0.05) is 18.0 Å². The zero-order valence-electron chi connectivity index (χ0n) is 7.53. The molecule has 1 saturated heterocycles. The molecular formula is C7H14N4O. The zero-order valence-corrected chi connectivity index (χ0v) is 7.53. The summed E-state index contributed by atoms with van der Waals surface area (Å²) in [5, 5.41) is 3.53. The van der Waals surface area contributed by atoms with Crippen molar-refractivity contribution >= 4 is 0 Å². The predicted molar refractivity (Wildman–Crippen MR) is 45.9 cm³/mol. The van der Waals surface area contributed by atoms with Crippen molar-refractivity contribution in [1.82, 2.24) is 4.90 Å². The molecule has 0 N–H and O–H groups in total. The number of likely N-dealkylation sites (N-methyl/N-ethyl adjacent to an activating group) is 1. The molecule has 0 aromatic rings. The van der Waals surface area contributed by atoms with Crippen LogP contribution >= 0.6 is 0 Å². The Morgan fingerprint density at radius 2 is 2.50 bits per heavy atom. The molecule has 0 bridgehead atoms. The molecular weight excluding hydrogens is 156 g/mol. The molecule has 12 heavy (non-hydrogen) atoms. The minimum Gasteiger partial charge on any atom is -0.372 e.